The van der Waals surface area contributed by atoms with Gasteiger partial charge in [0.05, 0.1) is 0 Å². The molecule has 0 saturated heterocycles. The summed E-state index contributed by atoms with van der Waals surface area (Å²) in [5.41, 5.74) is 10.9. The Morgan fingerprint density at radius 1 is 1.00 bits per heavy atom. The number of aryl methyl sites for hydroxylation is 2. The molecule has 0 amide bonds. The summed E-state index contributed by atoms with van der Waals surface area (Å²) in [5, 5.41) is 0. The first-order chi connectivity index (χ1) is 9.58. The Bertz CT molecular complexity index is 555. The third-order valence-electron chi connectivity index (χ3n) is 3.53. The Labute approximate surface area is 121 Å². The lowest BCUT2D eigenvalue weighted by Crippen LogP contribution is -2.18. The predicted octanol–water partition coefficient (Wildman–Crippen LogP) is 3.77. The highest BCUT2D eigenvalue weighted by Gasteiger charge is 2.07. The van der Waals surface area contributed by atoms with E-state index in [1.54, 1.807) is 0 Å². The molecule has 2 nitrogen and oxygen atoms in total. The standard InChI is InChI=1S/C18H23NO/c1-13-7-6-8-14(2)17(13)12-20-18-10-5-4-9-16(18)11-15(3)19/h4-10,15H,11-12,19H2,1-3H3. The summed E-state index contributed by atoms with van der Waals surface area (Å²) in [5.74, 6) is 0.937. The van der Waals surface area contributed by atoms with E-state index in [1.165, 1.54) is 22.3 Å². The Morgan fingerprint density at radius 3 is 2.30 bits per heavy atom. The van der Waals surface area contributed by atoms with E-state index in [9.17, 15) is 0 Å². The van der Waals surface area contributed by atoms with Crippen molar-refractivity contribution < 1.29 is 4.74 Å². The summed E-state index contributed by atoms with van der Waals surface area (Å²) in [4.78, 5) is 0. The average molecular weight is 269 g/mol. The number of benzene rings is 2. The molecule has 2 aromatic rings. The van der Waals surface area contributed by atoms with Gasteiger partial charge in [0, 0.05) is 6.04 Å². The fraction of sp³-hybridized carbons (Fsp3) is 0.333. The Balaban J connectivity index is 2.15. The molecule has 1 atom stereocenters. The average Bonchev–Trinajstić information content (AvgIpc) is 2.39. The van der Waals surface area contributed by atoms with Crippen LogP contribution in [0.25, 0.3) is 0 Å². The number of nitrogens with two attached hydrogens (primary N) is 1. The zero-order valence-corrected chi connectivity index (χ0v) is 12.5. The van der Waals surface area contributed by atoms with E-state index in [4.69, 9.17) is 10.5 Å². The zero-order valence-electron chi connectivity index (χ0n) is 12.5. The number of hydrogen-bond acceptors (Lipinski definition) is 2. The van der Waals surface area contributed by atoms with Crippen LogP contribution in [0, 0.1) is 13.8 Å². The monoisotopic (exact) mass is 269 g/mol. The maximum Gasteiger partial charge on any atom is 0.123 e. The lowest BCUT2D eigenvalue weighted by atomic mass is 10.0. The number of ether oxygens (including phenoxy) is 1. The topological polar surface area (TPSA) is 35.2 Å². The molecule has 1 unspecified atom stereocenters. The van der Waals surface area contributed by atoms with E-state index < -0.39 is 0 Å². The van der Waals surface area contributed by atoms with Crippen molar-refractivity contribution in [3.8, 4) is 5.75 Å². The first-order valence-corrected chi connectivity index (χ1v) is 7.09. The van der Waals surface area contributed by atoms with Gasteiger partial charge in [-0.1, -0.05) is 36.4 Å². The molecular formula is C18H23NO. The third kappa shape index (κ3) is 3.61. The molecule has 0 radical (unpaired) electrons. The summed E-state index contributed by atoms with van der Waals surface area (Å²) in [6.45, 7) is 6.87. The predicted molar refractivity (Wildman–Crippen MR) is 84.0 cm³/mol. The Hall–Kier alpha value is -1.80. The summed E-state index contributed by atoms with van der Waals surface area (Å²) < 4.78 is 6.03. The first-order valence-electron chi connectivity index (χ1n) is 7.09. The van der Waals surface area contributed by atoms with Gasteiger partial charge in [-0.15, -0.1) is 0 Å². The van der Waals surface area contributed by atoms with Crippen molar-refractivity contribution in [2.24, 2.45) is 5.73 Å². The molecule has 0 aromatic heterocycles. The lowest BCUT2D eigenvalue weighted by Gasteiger charge is -2.15. The van der Waals surface area contributed by atoms with Gasteiger partial charge >= 0.3 is 0 Å². The zero-order chi connectivity index (χ0) is 14.5. The number of para-hydroxylation sites is 1. The minimum Gasteiger partial charge on any atom is -0.489 e. The van der Waals surface area contributed by atoms with Crippen LogP contribution in [0.15, 0.2) is 42.5 Å². The van der Waals surface area contributed by atoms with Crippen LogP contribution in [-0.4, -0.2) is 6.04 Å². The molecule has 0 aliphatic rings. The summed E-state index contributed by atoms with van der Waals surface area (Å²) >= 11 is 0. The van der Waals surface area contributed by atoms with Crippen LogP contribution < -0.4 is 10.5 Å². The van der Waals surface area contributed by atoms with Crippen molar-refractivity contribution in [3.63, 3.8) is 0 Å². The Kier molecular flexibility index (Phi) is 4.80. The van der Waals surface area contributed by atoms with Crippen LogP contribution in [0.2, 0.25) is 0 Å². The maximum absolute atomic E-state index is 6.03. The van der Waals surface area contributed by atoms with Crippen molar-refractivity contribution >= 4 is 0 Å². The van der Waals surface area contributed by atoms with Crippen molar-refractivity contribution in [1.82, 2.24) is 0 Å². The highest BCUT2D eigenvalue weighted by molar-refractivity contribution is 5.36. The van der Waals surface area contributed by atoms with E-state index in [-0.39, 0.29) is 6.04 Å². The molecule has 0 bridgehead atoms. The first kappa shape index (κ1) is 14.6. The van der Waals surface area contributed by atoms with E-state index >= 15 is 0 Å². The minimum atomic E-state index is 0.139. The fourth-order valence-corrected chi connectivity index (χ4v) is 2.39. The van der Waals surface area contributed by atoms with Crippen LogP contribution >= 0.6 is 0 Å². The van der Waals surface area contributed by atoms with E-state index in [2.05, 4.69) is 38.1 Å². The third-order valence-corrected chi connectivity index (χ3v) is 3.53. The highest BCUT2D eigenvalue weighted by atomic mass is 16.5. The SMILES string of the molecule is Cc1cccc(C)c1COc1ccccc1CC(C)N. The molecule has 2 heteroatoms. The quantitative estimate of drug-likeness (QED) is 0.896. The van der Waals surface area contributed by atoms with Crippen molar-refractivity contribution in [2.45, 2.75) is 39.8 Å². The van der Waals surface area contributed by atoms with Crippen molar-refractivity contribution in [3.05, 3.63) is 64.7 Å². The smallest absolute Gasteiger partial charge is 0.123 e. The highest BCUT2D eigenvalue weighted by Crippen LogP contribution is 2.22. The second-order valence-corrected chi connectivity index (χ2v) is 5.45. The van der Waals surface area contributed by atoms with Gasteiger partial charge in [0.15, 0.2) is 0 Å². The van der Waals surface area contributed by atoms with Crippen LogP contribution in [0.5, 0.6) is 5.75 Å². The van der Waals surface area contributed by atoms with Crippen LogP contribution in [0.1, 0.15) is 29.2 Å². The normalized spacial score (nSPS) is 12.2. The van der Waals surface area contributed by atoms with Gasteiger partial charge in [-0.25, -0.2) is 0 Å². The minimum absolute atomic E-state index is 0.139. The Morgan fingerprint density at radius 2 is 1.65 bits per heavy atom. The van der Waals surface area contributed by atoms with E-state index in [0.29, 0.717) is 6.61 Å². The van der Waals surface area contributed by atoms with Gasteiger partial charge in [-0.3, -0.25) is 0 Å². The molecule has 0 spiro atoms. The van der Waals surface area contributed by atoms with Crippen LogP contribution in [0.4, 0.5) is 0 Å². The molecule has 0 aliphatic heterocycles. The molecule has 2 N–H and O–H groups in total. The largest absolute Gasteiger partial charge is 0.489 e. The molecule has 2 rings (SSSR count). The van der Waals surface area contributed by atoms with Gasteiger partial charge in [-0.05, 0) is 55.5 Å². The molecule has 2 aromatic carbocycles. The van der Waals surface area contributed by atoms with Crippen molar-refractivity contribution in [1.29, 1.82) is 0 Å². The van der Waals surface area contributed by atoms with Gasteiger partial charge in [0.1, 0.15) is 12.4 Å². The second-order valence-electron chi connectivity index (χ2n) is 5.45. The summed E-state index contributed by atoms with van der Waals surface area (Å²) in [6.07, 6.45) is 0.836. The van der Waals surface area contributed by atoms with Gasteiger partial charge in [-0.2, -0.15) is 0 Å². The molecular weight excluding hydrogens is 246 g/mol. The molecule has 20 heavy (non-hydrogen) atoms. The van der Waals surface area contributed by atoms with Gasteiger partial charge in [0.25, 0.3) is 0 Å². The molecule has 0 fully saturated rings. The van der Waals surface area contributed by atoms with E-state index in [1.807, 2.05) is 25.1 Å². The fourth-order valence-electron chi connectivity index (χ4n) is 2.39. The molecule has 106 valence electrons. The van der Waals surface area contributed by atoms with E-state index in [0.717, 1.165) is 12.2 Å². The number of hydrogen-bond donors (Lipinski definition) is 1. The summed E-state index contributed by atoms with van der Waals surface area (Å²) in [7, 11) is 0. The van der Waals surface area contributed by atoms with Gasteiger partial charge < -0.3 is 10.5 Å². The maximum atomic E-state index is 6.03. The molecule has 0 saturated carbocycles. The lowest BCUT2D eigenvalue weighted by molar-refractivity contribution is 0.301. The van der Waals surface area contributed by atoms with Crippen LogP contribution in [-0.2, 0) is 13.0 Å². The second kappa shape index (κ2) is 6.58. The summed E-state index contributed by atoms with van der Waals surface area (Å²) in [6, 6.07) is 14.6. The molecule has 0 heterocycles. The van der Waals surface area contributed by atoms with Gasteiger partial charge in [0.2, 0.25) is 0 Å². The van der Waals surface area contributed by atoms with Crippen molar-refractivity contribution in [2.75, 3.05) is 0 Å². The van der Waals surface area contributed by atoms with Crippen LogP contribution in [0.3, 0.4) is 0 Å². The molecule has 0 aliphatic carbocycles. The number of rotatable bonds is 5.